The maximum absolute atomic E-state index is 12.4. The molecule has 0 aliphatic heterocycles. The zero-order valence-corrected chi connectivity index (χ0v) is 15.7. The zero-order chi connectivity index (χ0) is 20.1. The van der Waals surface area contributed by atoms with Crippen LogP contribution in [0.25, 0.3) is 0 Å². The quantitative estimate of drug-likeness (QED) is 0.693. The van der Waals surface area contributed by atoms with Gasteiger partial charge in [-0.2, -0.15) is 5.10 Å². The number of para-hydroxylation sites is 1. The average Bonchev–Trinajstić information content (AvgIpc) is 2.67. The lowest BCUT2D eigenvalue weighted by atomic mass is 10.2. The minimum absolute atomic E-state index is 0.0192. The Morgan fingerprint density at radius 3 is 2.43 bits per heavy atom. The molecule has 2 N–H and O–H groups in total. The lowest BCUT2D eigenvalue weighted by molar-refractivity contribution is -0.117. The summed E-state index contributed by atoms with van der Waals surface area (Å²) in [6.07, 6.45) is 0. The number of anilines is 2. The summed E-state index contributed by atoms with van der Waals surface area (Å²) in [5.74, 6) is -0.970. The summed E-state index contributed by atoms with van der Waals surface area (Å²) in [7, 11) is 0. The molecule has 0 aliphatic rings. The highest BCUT2D eigenvalue weighted by atomic mass is 35.5. The van der Waals surface area contributed by atoms with Crippen LogP contribution in [-0.2, 0) is 11.3 Å². The average molecular weight is 397 g/mol. The number of nitrogens with one attached hydrogen (secondary N) is 2. The van der Waals surface area contributed by atoms with Gasteiger partial charge in [0.2, 0.25) is 5.91 Å². The second-order valence-corrected chi connectivity index (χ2v) is 6.47. The smallest absolute Gasteiger partial charge is 0.276 e. The maximum Gasteiger partial charge on any atom is 0.276 e. The molecule has 2 amide bonds. The number of hydrogen-bond donors (Lipinski definition) is 2. The van der Waals surface area contributed by atoms with Crippen molar-refractivity contribution in [2.75, 3.05) is 10.6 Å². The Hall–Kier alpha value is -3.45. The number of hydrogen-bond acceptors (Lipinski definition) is 4. The van der Waals surface area contributed by atoms with Crippen molar-refractivity contribution in [3.05, 3.63) is 87.3 Å². The normalized spacial score (nSPS) is 10.4. The molecule has 0 fully saturated rings. The summed E-state index contributed by atoms with van der Waals surface area (Å²) in [4.78, 5) is 36.6. The van der Waals surface area contributed by atoms with E-state index in [0.717, 1.165) is 10.2 Å². The van der Waals surface area contributed by atoms with Crippen LogP contribution in [0.2, 0.25) is 5.02 Å². The highest BCUT2D eigenvalue weighted by molar-refractivity contribution is 6.33. The summed E-state index contributed by atoms with van der Waals surface area (Å²) >= 11 is 6.00. The molecule has 0 saturated heterocycles. The molecule has 3 rings (SSSR count). The molecule has 142 valence electrons. The number of halogens is 1. The van der Waals surface area contributed by atoms with Gasteiger partial charge in [-0.05, 0) is 37.3 Å². The van der Waals surface area contributed by atoms with Gasteiger partial charge in [-0.1, -0.05) is 41.4 Å². The number of carbonyl (C=O) groups is 2. The molecule has 28 heavy (non-hydrogen) atoms. The number of aryl methyl sites for hydroxylation is 1. The number of rotatable bonds is 5. The van der Waals surface area contributed by atoms with Crippen molar-refractivity contribution in [3.63, 3.8) is 0 Å². The molecule has 0 aliphatic carbocycles. The predicted molar refractivity (Wildman–Crippen MR) is 108 cm³/mol. The monoisotopic (exact) mass is 396 g/mol. The van der Waals surface area contributed by atoms with Gasteiger partial charge in [-0.25, -0.2) is 4.68 Å². The molecular formula is C20H17ClN4O3. The van der Waals surface area contributed by atoms with Crippen LogP contribution in [0.15, 0.2) is 65.5 Å². The van der Waals surface area contributed by atoms with Gasteiger partial charge < -0.3 is 10.6 Å². The number of amides is 2. The van der Waals surface area contributed by atoms with Gasteiger partial charge in [0.05, 0.1) is 10.7 Å². The van der Waals surface area contributed by atoms with Gasteiger partial charge in [0.25, 0.3) is 11.5 Å². The molecule has 2 aromatic carbocycles. The molecule has 8 heteroatoms. The standard InChI is InChI=1S/C20H17ClN4O3/c1-13-6-8-14(9-7-13)22-20(28)17-10-11-19(27)25(24-17)12-18(26)23-16-5-3-2-4-15(16)21/h2-11H,12H2,1H3,(H,22,28)(H,23,26). The van der Waals surface area contributed by atoms with Crippen LogP contribution in [-0.4, -0.2) is 21.6 Å². The van der Waals surface area contributed by atoms with Crippen molar-refractivity contribution >= 4 is 34.8 Å². The minimum atomic E-state index is -0.499. The maximum atomic E-state index is 12.4. The third-order valence-electron chi connectivity index (χ3n) is 3.85. The van der Waals surface area contributed by atoms with Crippen molar-refractivity contribution in [3.8, 4) is 0 Å². The van der Waals surface area contributed by atoms with E-state index in [2.05, 4.69) is 15.7 Å². The second kappa shape index (κ2) is 8.49. The predicted octanol–water partition coefficient (Wildman–Crippen LogP) is 3.10. The third-order valence-corrected chi connectivity index (χ3v) is 4.18. The van der Waals surface area contributed by atoms with Crippen molar-refractivity contribution in [1.29, 1.82) is 0 Å². The Morgan fingerprint density at radius 2 is 1.71 bits per heavy atom. The molecule has 0 spiro atoms. The van der Waals surface area contributed by atoms with E-state index < -0.39 is 17.4 Å². The number of aromatic nitrogens is 2. The largest absolute Gasteiger partial charge is 0.323 e. The van der Waals surface area contributed by atoms with Gasteiger partial charge in [-0.3, -0.25) is 14.4 Å². The van der Waals surface area contributed by atoms with Gasteiger partial charge >= 0.3 is 0 Å². The van der Waals surface area contributed by atoms with Crippen LogP contribution in [0, 0.1) is 6.92 Å². The lowest BCUT2D eigenvalue weighted by Crippen LogP contribution is -2.31. The van der Waals surface area contributed by atoms with Gasteiger partial charge in [-0.15, -0.1) is 0 Å². The van der Waals surface area contributed by atoms with Crippen LogP contribution >= 0.6 is 11.6 Å². The van der Waals surface area contributed by atoms with Crippen molar-refractivity contribution < 1.29 is 9.59 Å². The number of benzene rings is 2. The van der Waals surface area contributed by atoms with Gasteiger partial charge in [0, 0.05) is 11.8 Å². The molecule has 3 aromatic rings. The molecule has 7 nitrogen and oxygen atoms in total. The topological polar surface area (TPSA) is 93.1 Å². The van der Waals surface area contributed by atoms with Crippen LogP contribution < -0.4 is 16.2 Å². The van der Waals surface area contributed by atoms with Crippen molar-refractivity contribution in [2.24, 2.45) is 0 Å². The van der Waals surface area contributed by atoms with E-state index in [1.807, 2.05) is 19.1 Å². The van der Waals surface area contributed by atoms with Crippen LogP contribution in [0.4, 0.5) is 11.4 Å². The minimum Gasteiger partial charge on any atom is -0.323 e. The fourth-order valence-electron chi connectivity index (χ4n) is 2.40. The second-order valence-electron chi connectivity index (χ2n) is 6.06. The van der Waals surface area contributed by atoms with E-state index in [0.29, 0.717) is 16.4 Å². The summed E-state index contributed by atoms with van der Waals surface area (Å²) in [6, 6.07) is 16.5. The molecule has 0 radical (unpaired) electrons. The molecule has 0 saturated carbocycles. The molecule has 0 bridgehead atoms. The Kier molecular flexibility index (Phi) is 5.86. The lowest BCUT2D eigenvalue weighted by Gasteiger charge is -2.09. The van der Waals surface area contributed by atoms with Crippen LogP contribution in [0.5, 0.6) is 0 Å². The highest BCUT2D eigenvalue weighted by Gasteiger charge is 2.13. The molecule has 1 aromatic heterocycles. The summed E-state index contributed by atoms with van der Waals surface area (Å²) in [5, 5.41) is 9.67. The van der Waals surface area contributed by atoms with Crippen LogP contribution in [0.1, 0.15) is 16.1 Å². The Balaban J connectivity index is 1.73. The molecule has 0 atom stereocenters. The first kappa shape index (κ1) is 19.3. The molecule has 0 unspecified atom stereocenters. The first-order valence-electron chi connectivity index (χ1n) is 8.43. The Labute approximate surface area is 166 Å². The van der Waals surface area contributed by atoms with E-state index in [9.17, 15) is 14.4 Å². The first-order valence-corrected chi connectivity index (χ1v) is 8.81. The van der Waals surface area contributed by atoms with Crippen molar-refractivity contribution in [1.82, 2.24) is 9.78 Å². The SMILES string of the molecule is Cc1ccc(NC(=O)c2ccc(=O)n(CC(=O)Nc3ccccc3Cl)n2)cc1. The summed E-state index contributed by atoms with van der Waals surface area (Å²) < 4.78 is 0.927. The van der Waals surface area contributed by atoms with E-state index in [-0.39, 0.29) is 12.2 Å². The fourth-order valence-corrected chi connectivity index (χ4v) is 2.59. The van der Waals surface area contributed by atoms with Gasteiger partial charge in [0.15, 0.2) is 0 Å². The Morgan fingerprint density at radius 1 is 1.00 bits per heavy atom. The van der Waals surface area contributed by atoms with Crippen LogP contribution in [0.3, 0.4) is 0 Å². The summed E-state index contributed by atoms with van der Waals surface area (Å²) in [5.41, 5.74) is 1.61. The van der Waals surface area contributed by atoms with E-state index >= 15 is 0 Å². The van der Waals surface area contributed by atoms with Crippen molar-refractivity contribution in [2.45, 2.75) is 13.5 Å². The van der Waals surface area contributed by atoms with E-state index in [1.54, 1.807) is 36.4 Å². The number of nitrogens with zero attached hydrogens (tertiary/aromatic N) is 2. The van der Waals surface area contributed by atoms with E-state index in [1.165, 1.54) is 12.1 Å². The molecule has 1 heterocycles. The fraction of sp³-hybridized carbons (Fsp3) is 0.100. The van der Waals surface area contributed by atoms with Gasteiger partial charge in [0.1, 0.15) is 12.2 Å². The third kappa shape index (κ3) is 4.83. The number of carbonyl (C=O) groups excluding carboxylic acids is 2. The summed E-state index contributed by atoms with van der Waals surface area (Å²) in [6.45, 7) is 1.59. The highest BCUT2D eigenvalue weighted by Crippen LogP contribution is 2.20. The Bertz CT molecular complexity index is 1080. The first-order chi connectivity index (χ1) is 13.4. The zero-order valence-electron chi connectivity index (χ0n) is 15.0. The molecular weight excluding hydrogens is 380 g/mol. The van der Waals surface area contributed by atoms with E-state index in [4.69, 9.17) is 11.6 Å².